The third kappa shape index (κ3) is 2.96. The van der Waals surface area contributed by atoms with Crippen LogP contribution in [0.15, 0.2) is 0 Å². The van der Waals surface area contributed by atoms with Crippen LogP contribution in [0.3, 0.4) is 0 Å². The predicted octanol–water partition coefficient (Wildman–Crippen LogP) is 0.962. The van der Waals surface area contributed by atoms with Gasteiger partial charge in [0.1, 0.15) is 5.82 Å². The van der Waals surface area contributed by atoms with E-state index in [1.165, 1.54) is 12.8 Å². The van der Waals surface area contributed by atoms with Gasteiger partial charge in [-0.3, -0.25) is 5.10 Å². The van der Waals surface area contributed by atoms with E-state index in [1.54, 1.807) is 0 Å². The van der Waals surface area contributed by atoms with Crippen LogP contribution in [-0.2, 0) is 11.2 Å². The Kier molecular flexibility index (Phi) is 4.52. The van der Waals surface area contributed by atoms with Crippen LogP contribution in [0.4, 0.5) is 5.95 Å². The van der Waals surface area contributed by atoms with Crippen molar-refractivity contribution < 1.29 is 4.74 Å². The van der Waals surface area contributed by atoms with Gasteiger partial charge in [-0.15, -0.1) is 5.10 Å². The molecule has 2 N–H and O–H groups in total. The maximum atomic E-state index is 5.35. The highest BCUT2D eigenvalue weighted by Crippen LogP contribution is 2.28. The number of hydrogen-bond donors (Lipinski definition) is 2. The quantitative estimate of drug-likeness (QED) is 0.759. The number of fused-ring (bicyclic) bond motifs is 1. The largest absolute Gasteiger partial charge is 0.382 e. The van der Waals surface area contributed by atoms with Crippen LogP contribution in [0, 0.1) is 5.92 Å². The van der Waals surface area contributed by atoms with Crippen molar-refractivity contribution in [2.75, 3.05) is 37.7 Å². The summed E-state index contributed by atoms with van der Waals surface area (Å²) in [5.74, 6) is 2.63. The fraction of sp³-hybridized carbons (Fsp3) is 0.857. The van der Waals surface area contributed by atoms with E-state index in [0.717, 1.165) is 63.4 Å². The minimum atomic E-state index is 0.579. The molecule has 2 atom stereocenters. The lowest BCUT2D eigenvalue weighted by Crippen LogP contribution is -2.45. The molecular formula is C14H25N5O. The van der Waals surface area contributed by atoms with Crippen LogP contribution in [0.5, 0.6) is 0 Å². The van der Waals surface area contributed by atoms with Crippen molar-refractivity contribution >= 4 is 5.95 Å². The molecule has 3 rings (SSSR count). The lowest BCUT2D eigenvalue weighted by Gasteiger charge is -2.36. The molecule has 2 fully saturated rings. The van der Waals surface area contributed by atoms with Gasteiger partial charge >= 0.3 is 0 Å². The number of piperidine rings is 1. The maximum Gasteiger partial charge on any atom is 0.245 e. The highest BCUT2D eigenvalue weighted by molar-refractivity contribution is 5.33. The molecule has 0 radical (unpaired) electrons. The number of aryl methyl sites for hydroxylation is 1. The third-order valence-corrected chi connectivity index (χ3v) is 4.36. The zero-order chi connectivity index (χ0) is 13.8. The standard InChI is InChI=1S/C14H25N5O/c1-2-20-8-4-6-13-16-14(18-17-13)19-7-3-5-11-9-15-10-12(11)19/h11-12,15H,2-10H2,1H3,(H,16,17,18). The molecule has 112 valence electrons. The Morgan fingerprint density at radius 3 is 3.25 bits per heavy atom. The summed E-state index contributed by atoms with van der Waals surface area (Å²) in [5.41, 5.74) is 0. The molecule has 20 heavy (non-hydrogen) atoms. The molecule has 2 aliphatic rings. The summed E-state index contributed by atoms with van der Waals surface area (Å²) >= 11 is 0. The predicted molar refractivity (Wildman–Crippen MR) is 77.9 cm³/mol. The van der Waals surface area contributed by atoms with Gasteiger partial charge in [-0.2, -0.15) is 4.98 Å². The van der Waals surface area contributed by atoms with Gasteiger partial charge in [-0.25, -0.2) is 0 Å². The first-order valence-corrected chi connectivity index (χ1v) is 7.85. The minimum absolute atomic E-state index is 0.579. The molecule has 0 amide bonds. The van der Waals surface area contributed by atoms with Crippen molar-refractivity contribution in [1.29, 1.82) is 0 Å². The van der Waals surface area contributed by atoms with Gasteiger partial charge in [0.25, 0.3) is 0 Å². The lowest BCUT2D eigenvalue weighted by atomic mass is 9.92. The maximum absolute atomic E-state index is 5.35. The average molecular weight is 279 g/mol. The highest BCUT2D eigenvalue weighted by atomic mass is 16.5. The molecule has 6 nitrogen and oxygen atoms in total. The fourth-order valence-electron chi connectivity index (χ4n) is 3.33. The zero-order valence-electron chi connectivity index (χ0n) is 12.3. The van der Waals surface area contributed by atoms with E-state index in [4.69, 9.17) is 4.74 Å². The Hall–Kier alpha value is -1.14. The van der Waals surface area contributed by atoms with Gasteiger partial charge < -0.3 is 15.0 Å². The molecule has 0 saturated carbocycles. The molecule has 6 heteroatoms. The van der Waals surface area contributed by atoms with E-state index >= 15 is 0 Å². The summed E-state index contributed by atoms with van der Waals surface area (Å²) < 4.78 is 5.35. The van der Waals surface area contributed by atoms with Crippen LogP contribution in [0.2, 0.25) is 0 Å². The van der Waals surface area contributed by atoms with E-state index in [9.17, 15) is 0 Å². The Morgan fingerprint density at radius 2 is 2.35 bits per heavy atom. The Bertz CT molecular complexity index is 421. The number of aromatic amines is 1. The average Bonchev–Trinajstić information content (AvgIpc) is 3.12. The number of rotatable bonds is 6. The van der Waals surface area contributed by atoms with Crippen molar-refractivity contribution in [2.24, 2.45) is 5.92 Å². The third-order valence-electron chi connectivity index (χ3n) is 4.36. The van der Waals surface area contributed by atoms with Crippen molar-refractivity contribution in [3.05, 3.63) is 5.82 Å². The van der Waals surface area contributed by atoms with Crippen molar-refractivity contribution in [3.63, 3.8) is 0 Å². The second-order valence-corrected chi connectivity index (χ2v) is 5.70. The number of ether oxygens (including phenoxy) is 1. The molecule has 2 aliphatic heterocycles. The SMILES string of the molecule is CCOCCCc1nc(N2CCCC3CNCC32)n[nH]1. The molecule has 1 aromatic heterocycles. The van der Waals surface area contributed by atoms with Crippen LogP contribution >= 0.6 is 0 Å². The topological polar surface area (TPSA) is 66.1 Å². The van der Waals surface area contributed by atoms with Crippen molar-refractivity contribution in [1.82, 2.24) is 20.5 Å². The van der Waals surface area contributed by atoms with Crippen LogP contribution in [-0.4, -0.2) is 54.1 Å². The molecule has 3 heterocycles. The van der Waals surface area contributed by atoms with E-state index in [2.05, 4.69) is 25.4 Å². The Balaban J connectivity index is 1.58. The molecular weight excluding hydrogens is 254 g/mol. The molecule has 0 aromatic carbocycles. The van der Waals surface area contributed by atoms with Gasteiger partial charge in [0, 0.05) is 45.3 Å². The normalized spacial score (nSPS) is 25.9. The van der Waals surface area contributed by atoms with Gasteiger partial charge in [0.05, 0.1) is 0 Å². The first kappa shape index (κ1) is 13.8. The number of H-pyrrole nitrogens is 1. The van der Waals surface area contributed by atoms with Crippen LogP contribution < -0.4 is 10.2 Å². The lowest BCUT2D eigenvalue weighted by molar-refractivity contribution is 0.145. The summed E-state index contributed by atoms with van der Waals surface area (Å²) in [6.45, 7) is 6.90. The Labute approximate surface area is 120 Å². The molecule has 1 aromatic rings. The van der Waals surface area contributed by atoms with Gasteiger partial charge in [0.2, 0.25) is 5.95 Å². The van der Waals surface area contributed by atoms with Crippen LogP contribution in [0.1, 0.15) is 32.0 Å². The van der Waals surface area contributed by atoms with Gasteiger partial charge in [-0.05, 0) is 32.1 Å². The summed E-state index contributed by atoms with van der Waals surface area (Å²) in [4.78, 5) is 7.05. The fourth-order valence-corrected chi connectivity index (χ4v) is 3.33. The highest BCUT2D eigenvalue weighted by Gasteiger charge is 2.36. The van der Waals surface area contributed by atoms with E-state index in [1.807, 2.05) is 6.92 Å². The second kappa shape index (κ2) is 6.54. The number of anilines is 1. The summed E-state index contributed by atoms with van der Waals surface area (Å²) in [7, 11) is 0. The van der Waals surface area contributed by atoms with Gasteiger partial charge in [0.15, 0.2) is 0 Å². The monoisotopic (exact) mass is 279 g/mol. The molecule has 2 unspecified atom stereocenters. The molecule has 0 aliphatic carbocycles. The number of nitrogens with one attached hydrogen (secondary N) is 2. The zero-order valence-corrected chi connectivity index (χ0v) is 12.3. The molecule has 0 spiro atoms. The summed E-state index contributed by atoms with van der Waals surface area (Å²) in [5, 5.41) is 11.0. The first-order valence-electron chi connectivity index (χ1n) is 7.85. The number of aromatic nitrogens is 3. The van der Waals surface area contributed by atoms with Crippen molar-refractivity contribution in [2.45, 2.75) is 38.6 Å². The van der Waals surface area contributed by atoms with Crippen molar-refractivity contribution in [3.8, 4) is 0 Å². The molecule has 2 saturated heterocycles. The number of hydrogen-bond acceptors (Lipinski definition) is 5. The van der Waals surface area contributed by atoms with E-state index < -0.39 is 0 Å². The van der Waals surface area contributed by atoms with Gasteiger partial charge in [-0.1, -0.05) is 0 Å². The van der Waals surface area contributed by atoms with Crippen LogP contribution in [0.25, 0.3) is 0 Å². The summed E-state index contributed by atoms with van der Waals surface area (Å²) in [6.07, 6.45) is 4.49. The van der Waals surface area contributed by atoms with E-state index in [-0.39, 0.29) is 0 Å². The summed E-state index contributed by atoms with van der Waals surface area (Å²) in [6, 6.07) is 0.579. The molecule has 0 bridgehead atoms. The Morgan fingerprint density at radius 1 is 1.40 bits per heavy atom. The second-order valence-electron chi connectivity index (χ2n) is 5.70. The first-order chi connectivity index (χ1) is 9.88. The smallest absolute Gasteiger partial charge is 0.245 e. The minimum Gasteiger partial charge on any atom is -0.382 e. The number of nitrogens with zero attached hydrogens (tertiary/aromatic N) is 3. The van der Waals surface area contributed by atoms with E-state index in [0.29, 0.717) is 6.04 Å².